The molecule has 0 aromatic carbocycles. The average molecular weight is 443 g/mol. The second-order valence-corrected chi connectivity index (χ2v) is 8.52. The number of aliphatic carboxylic acids is 2. The molecule has 0 aliphatic carbocycles. The van der Waals surface area contributed by atoms with Gasteiger partial charge in [-0.15, -0.1) is 0 Å². The van der Waals surface area contributed by atoms with Gasteiger partial charge in [0.15, 0.2) is 0 Å². The van der Waals surface area contributed by atoms with Crippen molar-refractivity contribution in [2.24, 2.45) is 17.6 Å². The number of nitrogens with two attached hydrogens (primary N) is 1. The highest BCUT2D eigenvalue weighted by Gasteiger charge is 2.39. The van der Waals surface area contributed by atoms with Gasteiger partial charge in [-0.3, -0.25) is 19.2 Å². The van der Waals surface area contributed by atoms with Gasteiger partial charge in [0.25, 0.3) is 0 Å². The molecule has 31 heavy (non-hydrogen) atoms. The van der Waals surface area contributed by atoms with Gasteiger partial charge in [-0.1, -0.05) is 27.7 Å². The summed E-state index contributed by atoms with van der Waals surface area (Å²) in [4.78, 5) is 61.9. The summed E-state index contributed by atoms with van der Waals surface area (Å²) in [7, 11) is 0. The van der Waals surface area contributed by atoms with E-state index >= 15 is 0 Å². The summed E-state index contributed by atoms with van der Waals surface area (Å²) in [5.41, 5.74) is 5.83. The number of hydrogen-bond donors (Lipinski definition) is 5. The molecule has 0 bridgehead atoms. The third kappa shape index (κ3) is 7.50. The summed E-state index contributed by atoms with van der Waals surface area (Å²) in [5.74, 6) is -4.60. The van der Waals surface area contributed by atoms with Gasteiger partial charge in [-0.05, 0) is 31.1 Å². The molecule has 11 heteroatoms. The lowest BCUT2D eigenvalue weighted by Gasteiger charge is -2.30. The van der Waals surface area contributed by atoms with E-state index in [9.17, 15) is 29.1 Å². The van der Waals surface area contributed by atoms with Gasteiger partial charge in [0, 0.05) is 13.0 Å². The Kier molecular flexibility index (Phi) is 9.89. The van der Waals surface area contributed by atoms with Crippen molar-refractivity contribution in [1.82, 2.24) is 15.5 Å². The number of carboxylic acid groups (broad SMARTS) is 2. The highest BCUT2D eigenvalue weighted by Crippen LogP contribution is 2.20. The van der Waals surface area contributed by atoms with Crippen LogP contribution in [0.5, 0.6) is 0 Å². The number of amides is 3. The van der Waals surface area contributed by atoms with E-state index in [1.165, 1.54) is 4.90 Å². The van der Waals surface area contributed by atoms with Crippen molar-refractivity contribution in [1.29, 1.82) is 0 Å². The molecular formula is C20H34N4O7. The minimum atomic E-state index is -1.17. The number of likely N-dealkylation sites (tertiary alicyclic amines) is 1. The second kappa shape index (κ2) is 11.6. The Morgan fingerprint density at radius 2 is 1.65 bits per heavy atom. The van der Waals surface area contributed by atoms with Crippen LogP contribution in [0, 0.1) is 11.8 Å². The van der Waals surface area contributed by atoms with Crippen LogP contribution in [0.3, 0.4) is 0 Å². The van der Waals surface area contributed by atoms with Gasteiger partial charge >= 0.3 is 11.9 Å². The van der Waals surface area contributed by atoms with Crippen LogP contribution in [0.2, 0.25) is 0 Å². The average Bonchev–Trinajstić information content (AvgIpc) is 3.16. The second-order valence-electron chi connectivity index (χ2n) is 8.52. The molecular weight excluding hydrogens is 408 g/mol. The molecule has 1 aliphatic heterocycles. The van der Waals surface area contributed by atoms with Gasteiger partial charge in [0.2, 0.25) is 17.7 Å². The number of rotatable bonds is 11. The molecule has 4 unspecified atom stereocenters. The molecule has 1 aliphatic rings. The number of carbonyl (C=O) groups is 5. The topological polar surface area (TPSA) is 179 Å². The predicted molar refractivity (Wildman–Crippen MR) is 111 cm³/mol. The maximum Gasteiger partial charge on any atom is 0.326 e. The van der Waals surface area contributed by atoms with Crippen LogP contribution < -0.4 is 16.4 Å². The zero-order chi connectivity index (χ0) is 23.9. The first-order chi connectivity index (χ1) is 14.4. The Balaban J connectivity index is 2.99. The maximum atomic E-state index is 13.1. The van der Waals surface area contributed by atoms with Crippen molar-refractivity contribution in [3.05, 3.63) is 0 Å². The van der Waals surface area contributed by atoms with Crippen molar-refractivity contribution in [2.45, 2.75) is 77.5 Å². The van der Waals surface area contributed by atoms with Gasteiger partial charge in [0.1, 0.15) is 18.1 Å². The Labute approximate surface area is 181 Å². The Morgan fingerprint density at radius 3 is 2.13 bits per heavy atom. The molecule has 0 saturated carbocycles. The fraction of sp³-hybridized carbons (Fsp3) is 0.750. The van der Waals surface area contributed by atoms with Crippen LogP contribution in [0.1, 0.15) is 53.4 Å². The minimum absolute atomic E-state index is 0.153. The zero-order valence-electron chi connectivity index (χ0n) is 18.5. The first-order valence-corrected chi connectivity index (χ1v) is 10.5. The summed E-state index contributed by atoms with van der Waals surface area (Å²) < 4.78 is 0. The number of nitrogens with zero attached hydrogens (tertiary/aromatic N) is 1. The van der Waals surface area contributed by atoms with Crippen molar-refractivity contribution in [3.63, 3.8) is 0 Å². The number of carbonyl (C=O) groups excluding carboxylic acids is 3. The minimum Gasteiger partial charge on any atom is -0.481 e. The summed E-state index contributed by atoms with van der Waals surface area (Å²) in [6, 6.07) is -4.02. The van der Waals surface area contributed by atoms with Gasteiger partial charge in [-0.2, -0.15) is 0 Å². The fourth-order valence-electron chi connectivity index (χ4n) is 3.36. The van der Waals surface area contributed by atoms with E-state index in [-0.39, 0.29) is 31.2 Å². The van der Waals surface area contributed by atoms with Crippen LogP contribution >= 0.6 is 0 Å². The first-order valence-electron chi connectivity index (χ1n) is 10.5. The molecule has 0 radical (unpaired) electrons. The molecule has 1 rings (SSSR count). The third-order valence-electron chi connectivity index (χ3n) is 5.35. The normalized spacial score (nSPS) is 19.1. The smallest absolute Gasteiger partial charge is 0.326 e. The molecule has 1 saturated heterocycles. The third-order valence-corrected chi connectivity index (χ3v) is 5.35. The van der Waals surface area contributed by atoms with Crippen LogP contribution in [0.15, 0.2) is 0 Å². The molecule has 0 aromatic rings. The van der Waals surface area contributed by atoms with E-state index in [1.54, 1.807) is 27.7 Å². The van der Waals surface area contributed by atoms with Crippen LogP contribution in [-0.2, 0) is 24.0 Å². The van der Waals surface area contributed by atoms with E-state index in [1.807, 2.05) is 0 Å². The molecule has 176 valence electrons. The van der Waals surface area contributed by atoms with E-state index in [4.69, 9.17) is 10.8 Å². The largest absolute Gasteiger partial charge is 0.481 e. The lowest BCUT2D eigenvalue weighted by molar-refractivity contribution is -0.146. The first kappa shape index (κ1) is 26.3. The Morgan fingerprint density at radius 1 is 1.03 bits per heavy atom. The Hall–Kier alpha value is -2.69. The molecule has 1 heterocycles. The lowest BCUT2D eigenvalue weighted by Crippen LogP contribution is -2.57. The summed E-state index contributed by atoms with van der Waals surface area (Å²) in [6.45, 7) is 7.05. The van der Waals surface area contributed by atoms with Crippen molar-refractivity contribution < 1.29 is 34.2 Å². The van der Waals surface area contributed by atoms with E-state index < -0.39 is 53.8 Å². The molecule has 0 spiro atoms. The highest BCUT2D eigenvalue weighted by molar-refractivity contribution is 5.94. The van der Waals surface area contributed by atoms with E-state index in [2.05, 4.69) is 10.6 Å². The molecule has 4 atom stereocenters. The molecule has 11 nitrogen and oxygen atoms in total. The van der Waals surface area contributed by atoms with Gasteiger partial charge < -0.3 is 31.5 Å². The van der Waals surface area contributed by atoms with E-state index in [0.29, 0.717) is 12.8 Å². The van der Waals surface area contributed by atoms with Gasteiger partial charge in [-0.25, -0.2) is 4.79 Å². The monoisotopic (exact) mass is 442 g/mol. The molecule has 1 fully saturated rings. The SMILES string of the molecule is CC(C)C(N)C(=O)NC(CCC(=O)O)C(=O)N1CCCC1C(=O)NC(C(=O)O)C(C)C. The maximum absolute atomic E-state index is 13.1. The van der Waals surface area contributed by atoms with Crippen LogP contribution in [0.4, 0.5) is 0 Å². The van der Waals surface area contributed by atoms with Crippen LogP contribution in [0.25, 0.3) is 0 Å². The number of nitrogens with one attached hydrogen (secondary N) is 2. The highest BCUT2D eigenvalue weighted by atomic mass is 16.4. The Bertz CT molecular complexity index is 695. The van der Waals surface area contributed by atoms with Crippen LogP contribution in [-0.4, -0.2) is 75.5 Å². The lowest BCUT2D eigenvalue weighted by atomic mass is 10.0. The quantitative estimate of drug-likeness (QED) is 0.285. The fourth-order valence-corrected chi connectivity index (χ4v) is 3.36. The summed E-state index contributed by atoms with van der Waals surface area (Å²) >= 11 is 0. The van der Waals surface area contributed by atoms with Crippen molar-refractivity contribution >= 4 is 29.7 Å². The standard InChI is InChI=1S/C20H34N4O7/c1-10(2)15(21)18(28)22-12(7-8-14(25)26)19(29)24-9-5-6-13(24)17(27)23-16(11(3)4)20(30)31/h10-13,15-16H,5-9,21H2,1-4H3,(H,22,28)(H,23,27)(H,25,26)(H,30,31). The summed E-state index contributed by atoms with van der Waals surface area (Å²) in [5, 5.41) is 23.3. The number of hydrogen-bond acceptors (Lipinski definition) is 6. The molecule has 3 amide bonds. The predicted octanol–water partition coefficient (Wildman–Crippen LogP) is -0.464. The zero-order valence-corrected chi connectivity index (χ0v) is 18.5. The van der Waals surface area contributed by atoms with Gasteiger partial charge in [0.05, 0.1) is 6.04 Å². The molecule has 6 N–H and O–H groups in total. The van der Waals surface area contributed by atoms with E-state index in [0.717, 1.165) is 0 Å². The summed E-state index contributed by atoms with van der Waals surface area (Å²) in [6.07, 6.45) is 0.355. The number of carboxylic acids is 2. The van der Waals surface area contributed by atoms with Crippen molar-refractivity contribution in [3.8, 4) is 0 Å². The van der Waals surface area contributed by atoms with Crippen molar-refractivity contribution in [2.75, 3.05) is 6.54 Å². The molecule has 0 aromatic heterocycles.